The van der Waals surface area contributed by atoms with Gasteiger partial charge in [0.25, 0.3) is 0 Å². The number of rotatable bonds is 8. The van der Waals surface area contributed by atoms with Crippen LogP contribution in [0.4, 0.5) is 4.79 Å². The second-order valence-electron chi connectivity index (χ2n) is 6.29. The lowest BCUT2D eigenvalue weighted by atomic mass is 10.2. The summed E-state index contributed by atoms with van der Waals surface area (Å²) in [5.41, 5.74) is -0.636. The van der Waals surface area contributed by atoms with E-state index >= 15 is 0 Å². The molecule has 0 unspecified atom stereocenters. The predicted octanol–water partition coefficient (Wildman–Crippen LogP) is 1.70. The number of alkyl carbamates (subject to hydrolysis) is 1. The molecule has 8 heteroatoms. The van der Waals surface area contributed by atoms with Gasteiger partial charge in [0.1, 0.15) is 17.7 Å². The van der Waals surface area contributed by atoms with Crippen LogP contribution in [0.5, 0.6) is 0 Å². The number of ether oxygens (including phenoxy) is 1. The quantitative estimate of drug-likeness (QED) is 0.431. The van der Waals surface area contributed by atoms with Crippen molar-refractivity contribution < 1.29 is 19.1 Å². The molecule has 3 amide bonds. The normalized spacial score (nSPS) is 13.7. The monoisotopic (exact) mass is 393 g/mol. The first kappa shape index (κ1) is 21.7. The third-order valence-corrected chi connectivity index (χ3v) is 3.30. The highest BCUT2D eigenvalue weighted by Gasteiger charge is 2.23. The minimum Gasteiger partial charge on any atom is -0.444 e. The molecule has 0 aromatic carbocycles. The van der Waals surface area contributed by atoms with Crippen molar-refractivity contribution in [3.63, 3.8) is 0 Å². The van der Waals surface area contributed by atoms with E-state index in [1.54, 1.807) is 27.7 Å². The molecule has 0 aliphatic heterocycles. The average Bonchev–Trinajstić information content (AvgIpc) is 2.40. The molecular formula is C15H28BrN3O4. The van der Waals surface area contributed by atoms with E-state index in [1.807, 2.05) is 0 Å². The van der Waals surface area contributed by atoms with Crippen LogP contribution in [-0.2, 0) is 14.3 Å². The van der Waals surface area contributed by atoms with Gasteiger partial charge in [-0.1, -0.05) is 15.9 Å². The standard InChI is InChI=1S/C15H28BrN3O4/c1-10(12(20)17-9-7-6-8-16)18-13(21)11(2)19-14(22)23-15(3,4)5/h10-11H,6-9H2,1-5H3,(H,17,20)(H,18,21)(H,19,22)/t10-,11-/m1/s1. The van der Waals surface area contributed by atoms with Gasteiger partial charge in [-0.15, -0.1) is 0 Å². The second kappa shape index (κ2) is 10.5. The van der Waals surface area contributed by atoms with E-state index in [0.29, 0.717) is 6.54 Å². The first-order chi connectivity index (χ1) is 10.6. The summed E-state index contributed by atoms with van der Waals surface area (Å²) >= 11 is 3.32. The maximum Gasteiger partial charge on any atom is 0.408 e. The van der Waals surface area contributed by atoms with E-state index in [9.17, 15) is 14.4 Å². The van der Waals surface area contributed by atoms with Crippen LogP contribution >= 0.6 is 15.9 Å². The average molecular weight is 394 g/mol. The molecule has 7 nitrogen and oxygen atoms in total. The van der Waals surface area contributed by atoms with Gasteiger partial charge in [-0.3, -0.25) is 9.59 Å². The second-order valence-corrected chi connectivity index (χ2v) is 7.08. The summed E-state index contributed by atoms with van der Waals surface area (Å²) in [5, 5.41) is 8.63. The molecule has 0 aliphatic carbocycles. The van der Waals surface area contributed by atoms with Crippen molar-refractivity contribution in [2.75, 3.05) is 11.9 Å². The van der Waals surface area contributed by atoms with Gasteiger partial charge in [-0.05, 0) is 47.5 Å². The summed E-state index contributed by atoms with van der Waals surface area (Å²) in [6.07, 6.45) is 1.17. The summed E-state index contributed by atoms with van der Waals surface area (Å²) in [5.74, 6) is -0.698. The Morgan fingerprint density at radius 3 is 2.09 bits per heavy atom. The lowest BCUT2D eigenvalue weighted by molar-refractivity contribution is -0.129. The Labute approximate surface area is 146 Å². The minimum absolute atomic E-state index is 0.252. The van der Waals surface area contributed by atoms with Crippen molar-refractivity contribution >= 4 is 33.8 Å². The molecule has 0 aromatic heterocycles. The summed E-state index contributed by atoms with van der Waals surface area (Å²) in [7, 11) is 0. The number of hydrogen-bond acceptors (Lipinski definition) is 4. The molecule has 0 rings (SSSR count). The Kier molecular flexibility index (Phi) is 9.87. The van der Waals surface area contributed by atoms with Crippen molar-refractivity contribution in [3.8, 4) is 0 Å². The summed E-state index contributed by atoms with van der Waals surface area (Å²) in [6, 6.07) is -1.47. The van der Waals surface area contributed by atoms with Gasteiger partial charge in [0, 0.05) is 11.9 Å². The lowest BCUT2D eigenvalue weighted by Gasteiger charge is -2.22. The number of unbranched alkanes of at least 4 members (excludes halogenated alkanes) is 1. The van der Waals surface area contributed by atoms with Crippen LogP contribution in [0, 0.1) is 0 Å². The van der Waals surface area contributed by atoms with E-state index in [2.05, 4.69) is 31.9 Å². The zero-order valence-corrected chi connectivity index (χ0v) is 16.1. The molecule has 0 saturated heterocycles. The number of amides is 3. The lowest BCUT2D eigenvalue weighted by Crippen LogP contribution is -2.52. The first-order valence-electron chi connectivity index (χ1n) is 7.70. The van der Waals surface area contributed by atoms with Crippen LogP contribution in [0.2, 0.25) is 0 Å². The smallest absolute Gasteiger partial charge is 0.408 e. The van der Waals surface area contributed by atoms with Gasteiger partial charge < -0.3 is 20.7 Å². The van der Waals surface area contributed by atoms with E-state index in [-0.39, 0.29) is 5.91 Å². The topological polar surface area (TPSA) is 96.5 Å². The van der Waals surface area contributed by atoms with Gasteiger partial charge in [0.15, 0.2) is 0 Å². The fourth-order valence-corrected chi connectivity index (χ4v) is 1.93. The van der Waals surface area contributed by atoms with Crippen LogP contribution in [0.3, 0.4) is 0 Å². The number of carbonyl (C=O) groups is 3. The molecule has 0 heterocycles. The van der Waals surface area contributed by atoms with E-state index in [0.717, 1.165) is 18.2 Å². The fourth-order valence-electron chi connectivity index (χ4n) is 1.54. The number of nitrogens with one attached hydrogen (secondary N) is 3. The molecule has 0 fully saturated rings. The molecule has 0 aliphatic rings. The van der Waals surface area contributed by atoms with E-state index < -0.39 is 29.7 Å². The Morgan fingerprint density at radius 2 is 1.57 bits per heavy atom. The molecule has 23 heavy (non-hydrogen) atoms. The van der Waals surface area contributed by atoms with E-state index in [4.69, 9.17) is 4.74 Å². The molecule has 0 aromatic rings. The minimum atomic E-state index is -0.798. The van der Waals surface area contributed by atoms with Gasteiger partial charge in [-0.25, -0.2) is 4.79 Å². The molecular weight excluding hydrogens is 366 g/mol. The van der Waals surface area contributed by atoms with Crippen molar-refractivity contribution in [1.82, 2.24) is 16.0 Å². The van der Waals surface area contributed by atoms with Crippen LogP contribution in [0.15, 0.2) is 0 Å². The van der Waals surface area contributed by atoms with Gasteiger partial charge in [0.2, 0.25) is 11.8 Å². The van der Waals surface area contributed by atoms with E-state index in [1.165, 1.54) is 6.92 Å². The third kappa shape index (κ3) is 11.0. The number of halogens is 1. The van der Waals surface area contributed by atoms with Crippen molar-refractivity contribution in [2.45, 2.75) is 65.1 Å². The number of alkyl halides is 1. The highest BCUT2D eigenvalue weighted by atomic mass is 79.9. The SMILES string of the molecule is C[C@@H](NC(=O)OC(C)(C)C)C(=O)N[C@H](C)C(=O)NCCCCBr. The summed E-state index contributed by atoms with van der Waals surface area (Å²) < 4.78 is 5.07. The van der Waals surface area contributed by atoms with Crippen molar-refractivity contribution in [2.24, 2.45) is 0 Å². The Morgan fingerprint density at radius 1 is 1.00 bits per heavy atom. The largest absolute Gasteiger partial charge is 0.444 e. The number of hydrogen-bond donors (Lipinski definition) is 3. The zero-order valence-electron chi connectivity index (χ0n) is 14.5. The summed E-state index contributed by atoms with van der Waals surface area (Å²) in [6.45, 7) is 8.89. The molecule has 0 radical (unpaired) electrons. The molecule has 0 saturated carbocycles. The predicted molar refractivity (Wildman–Crippen MR) is 92.5 cm³/mol. The molecule has 0 spiro atoms. The molecule has 134 valence electrons. The Hall–Kier alpha value is -1.31. The maximum atomic E-state index is 12.0. The van der Waals surface area contributed by atoms with Gasteiger partial charge in [0.05, 0.1) is 0 Å². The fraction of sp³-hybridized carbons (Fsp3) is 0.800. The van der Waals surface area contributed by atoms with Gasteiger partial charge in [-0.2, -0.15) is 0 Å². The Bertz CT molecular complexity index is 410. The highest BCUT2D eigenvalue weighted by Crippen LogP contribution is 2.06. The van der Waals surface area contributed by atoms with Crippen LogP contribution in [-0.4, -0.2) is 47.5 Å². The number of carbonyl (C=O) groups excluding carboxylic acids is 3. The third-order valence-electron chi connectivity index (χ3n) is 2.74. The van der Waals surface area contributed by atoms with Crippen molar-refractivity contribution in [3.05, 3.63) is 0 Å². The maximum absolute atomic E-state index is 12.0. The summed E-state index contributed by atoms with van der Waals surface area (Å²) in [4.78, 5) is 35.4. The molecule has 3 N–H and O–H groups in total. The molecule has 0 bridgehead atoms. The van der Waals surface area contributed by atoms with Gasteiger partial charge >= 0.3 is 6.09 Å². The Balaban J connectivity index is 4.19. The van der Waals surface area contributed by atoms with Crippen LogP contribution in [0.1, 0.15) is 47.5 Å². The molecule has 2 atom stereocenters. The first-order valence-corrected chi connectivity index (χ1v) is 8.82. The zero-order chi connectivity index (χ0) is 18.0. The van der Waals surface area contributed by atoms with Crippen molar-refractivity contribution in [1.29, 1.82) is 0 Å². The van der Waals surface area contributed by atoms with Crippen LogP contribution < -0.4 is 16.0 Å². The van der Waals surface area contributed by atoms with Crippen LogP contribution in [0.25, 0.3) is 0 Å². The highest BCUT2D eigenvalue weighted by molar-refractivity contribution is 9.09.